The molecule has 0 bridgehead atoms. The molecule has 3 saturated heterocycles. The van der Waals surface area contributed by atoms with Gasteiger partial charge in [-0.15, -0.1) is 0 Å². The average Bonchev–Trinajstić information content (AvgIpc) is 3.08. The van der Waals surface area contributed by atoms with Gasteiger partial charge in [-0.2, -0.15) is 0 Å². The third-order valence-electron chi connectivity index (χ3n) is 4.09. The van der Waals surface area contributed by atoms with Crippen molar-refractivity contribution in [2.24, 2.45) is 0 Å². The molecule has 0 aromatic rings. The van der Waals surface area contributed by atoms with Crippen LogP contribution in [-0.4, -0.2) is 73.1 Å². The van der Waals surface area contributed by atoms with Crippen LogP contribution in [0.5, 0.6) is 0 Å². The summed E-state index contributed by atoms with van der Waals surface area (Å²) in [5.41, 5.74) is 0. The molecule has 3 aliphatic heterocycles. The first-order valence-corrected chi connectivity index (χ1v) is 7.10. The summed E-state index contributed by atoms with van der Waals surface area (Å²) in [6.07, 6.45) is 5.73. The van der Waals surface area contributed by atoms with E-state index in [0.717, 1.165) is 6.04 Å². The fourth-order valence-corrected chi connectivity index (χ4v) is 2.57. The van der Waals surface area contributed by atoms with Crippen LogP contribution in [0.3, 0.4) is 0 Å². The van der Waals surface area contributed by atoms with Crippen molar-refractivity contribution in [2.45, 2.75) is 31.7 Å². The molecule has 3 fully saturated rings. The normalized spacial score (nSPS) is 33.0. The summed E-state index contributed by atoms with van der Waals surface area (Å²) in [6, 6.07) is 0.961. The molecule has 2 atom stereocenters. The first-order chi connectivity index (χ1) is 7.92. The molecule has 0 spiro atoms. The molecular weight excluding hydrogens is 198 g/mol. The lowest BCUT2D eigenvalue weighted by Gasteiger charge is -2.04. The number of nitrogens with zero attached hydrogens (tertiary/aromatic N) is 3. The molecule has 0 aromatic heterocycles. The van der Waals surface area contributed by atoms with Crippen molar-refractivity contribution in [1.82, 2.24) is 14.7 Å². The highest BCUT2D eigenvalue weighted by atomic mass is 15.3. The molecule has 3 heterocycles. The van der Waals surface area contributed by atoms with Gasteiger partial charge < -0.3 is 9.80 Å². The van der Waals surface area contributed by atoms with Gasteiger partial charge in [0.15, 0.2) is 0 Å². The standard InChI is InChI=1S/C13H25N3/c1(2-5-14-8-9-14)4-13-12-16(13)7-3-6-15-10-11-15/h13H,1-12H2. The summed E-state index contributed by atoms with van der Waals surface area (Å²) in [6.45, 7) is 10.9. The van der Waals surface area contributed by atoms with E-state index in [2.05, 4.69) is 14.7 Å². The van der Waals surface area contributed by atoms with E-state index < -0.39 is 0 Å². The molecule has 0 amide bonds. The van der Waals surface area contributed by atoms with Crippen LogP contribution >= 0.6 is 0 Å². The fourth-order valence-electron chi connectivity index (χ4n) is 2.57. The second-order valence-electron chi connectivity index (χ2n) is 5.68. The molecule has 3 heteroatoms. The second-order valence-corrected chi connectivity index (χ2v) is 5.68. The van der Waals surface area contributed by atoms with E-state index in [-0.39, 0.29) is 0 Å². The Labute approximate surface area is 99.4 Å². The van der Waals surface area contributed by atoms with Crippen LogP contribution in [0, 0.1) is 0 Å². The lowest BCUT2D eigenvalue weighted by Crippen LogP contribution is -2.10. The van der Waals surface area contributed by atoms with Gasteiger partial charge in [-0.25, -0.2) is 0 Å². The van der Waals surface area contributed by atoms with Crippen LogP contribution in [0.2, 0.25) is 0 Å². The Balaban J connectivity index is 1.14. The van der Waals surface area contributed by atoms with Crippen LogP contribution in [0.4, 0.5) is 0 Å². The zero-order valence-electron chi connectivity index (χ0n) is 10.4. The maximum atomic E-state index is 2.67. The third-order valence-corrected chi connectivity index (χ3v) is 4.09. The molecule has 16 heavy (non-hydrogen) atoms. The van der Waals surface area contributed by atoms with E-state index in [1.54, 1.807) is 0 Å². The van der Waals surface area contributed by atoms with Gasteiger partial charge in [-0.05, 0) is 38.9 Å². The van der Waals surface area contributed by atoms with Gasteiger partial charge in [0.05, 0.1) is 0 Å². The maximum Gasteiger partial charge on any atom is 0.0223 e. The Bertz CT molecular complexity index is 223. The van der Waals surface area contributed by atoms with Gasteiger partial charge in [0.2, 0.25) is 0 Å². The minimum absolute atomic E-state index is 0.961. The molecule has 92 valence electrons. The van der Waals surface area contributed by atoms with Crippen molar-refractivity contribution >= 4 is 0 Å². The van der Waals surface area contributed by atoms with E-state index in [4.69, 9.17) is 0 Å². The Hall–Kier alpha value is -0.120. The van der Waals surface area contributed by atoms with E-state index >= 15 is 0 Å². The van der Waals surface area contributed by atoms with E-state index in [1.165, 1.54) is 78.0 Å². The van der Waals surface area contributed by atoms with Crippen LogP contribution in [0.1, 0.15) is 25.7 Å². The number of rotatable bonds is 9. The molecule has 3 aliphatic rings. The quantitative estimate of drug-likeness (QED) is 0.424. The minimum Gasteiger partial charge on any atom is -0.301 e. The predicted molar refractivity (Wildman–Crippen MR) is 66.7 cm³/mol. The topological polar surface area (TPSA) is 9.03 Å². The maximum absolute atomic E-state index is 2.67. The molecule has 0 N–H and O–H groups in total. The van der Waals surface area contributed by atoms with Crippen molar-refractivity contribution in [3.8, 4) is 0 Å². The van der Waals surface area contributed by atoms with Gasteiger partial charge in [-0.3, -0.25) is 4.90 Å². The smallest absolute Gasteiger partial charge is 0.0223 e. The Morgan fingerprint density at radius 2 is 1.44 bits per heavy atom. The van der Waals surface area contributed by atoms with Crippen molar-refractivity contribution < 1.29 is 0 Å². The molecular formula is C13H25N3. The molecule has 3 nitrogen and oxygen atoms in total. The highest BCUT2D eigenvalue weighted by molar-refractivity contribution is 4.89. The zero-order chi connectivity index (χ0) is 10.8. The summed E-state index contributed by atoms with van der Waals surface area (Å²) < 4.78 is 0. The fraction of sp³-hybridized carbons (Fsp3) is 1.00. The SMILES string of the molecule is C(CCN1CC1)CC1CN1CCCN1CC1. The summed E-state index contributed by atoms with van der Waals surface area (Å²) in [5.74, 6) is 0. The van der Waals surface area contributed by atoms with Gasteiger partial charge >= 0.3 is 0 Å². The number of hydrogen-bond donors (Lipinski definition) is 0. The Kier molecular flexibility index (Phi) is 3.46. The van der Waals surface area contributed by atoms with Gasteiger partial charge in [0, 0.05) is 38.8 Å². The third kappa shape index (κ3) is 3.72. The van der Waals surface area contributed by atoms with Crippen LogP contribution in [0.15, 0.2) is 0 Å². The lowest BCUT2D eigenvalue weighted by atomic mass is 10.2. The van der Waals surface area contributed by atoms with Gasteiger partial charge in [-0.1, -0.05) is 6.42 Å². The van der Waals surface area contributed by atoms with Crippen molar-refractivity contribution in [3.63, 3.8) is 0 Å². The molecule has 2 unspecified atom stereocenters. The predicted octanol–water partition coefficient (Wildman–Crippen LogP) is 0.862. The van der Waals surface area contributed by atoms with Gasteiger partial charge in [0.1, 0.15) is 0 Å². The highest BCUT2D eigenvalue weighted by Gasteiger charge is 2.32. The largest absolute Gasteiger partial charge is 0.301 e. The molecule has 0 aromatic carbocycles. The first-order valence-electron chi connectivity index (χ1n) is 7.10. The summed E-state index contributed by atoms with van der Waals surface area (Å²) in [5, 5.41) is 0. The molecule has 0 saturated carbocycles. The second kappa shape index (κ2) is 5.03. The zero-order valence-corrected chi connectivity index (χ0v) is 10.4. The van der Waals surface area contributed by atoms with Crippen LogP contribution in [-0.2, 0) is 0 Å². The van der Waals surface area contributed by atoms with E-state index in [1.807, 2.05) is 0 Å². The average molecular weight is 223 g/mol. The summed E-state index contributed by atoms with van der Waals surface area (Å²) in [4.78, 5) is 7.73. The van der Waals surface area contributed by atoms with Crippen molar-refractivity contribution in [1.29, 1.82) is 0 Å². The Morgan fingerprint density at radius 3 is 2.12 bits per heavy atom. The monoisotopic (exact) mass is 223 g/mol. The van der Waals surface area contributed by atoms with Crippen LogP contribution in [0.25, 0.3) is 0 Å². The first kappa shape index (κ1) is 11.0. The molecule has 3 rings (SSSR count). The number of hydrogen-bond acceptors (Lipinski definition) is 3. The van der Waals surface area contributed by atoms with E-state index in [0.29, 0.717) is 0 Å². The van der Waals surface area contributed by atoms with Crippen molar-refractivity contribution in [3.05, 3.63) is 0 Å². The molecule has 0 aliphatic carbocycles. The minimum atomic E-state index is 0.961. The lowest BCUT2D eigenvalue weighted by molar-refractivity contribution is 0.427. The molecule has 0 radical (unpaired) electrons. The van der Waals surface area contributed by atoms with Crippen LogP contribution < -0.4 is 0 Å². The van der Waals surface area contributed by atoms with Crippen molar-refractivity contribution in [2.75, 3.05) is 52.4 Å². The summed E-state index contributed by atoms with van der Waals surface area (Å²) in [7, 11) is 0. The summed E-state index contributed by atoms with van der Waals surface area (Å²) >= 11 is 0. The number of unbranched alkanes of at least 4 members (excludes halogenated alkanes) is 1. The van der Waals surface area contributed by atoms with E-state index in [9.17, 15) is 0 Å². The Morgan fingerprint density at radius 1 is 0.750 bits per heavy atom. The van der Waals surface area contributed by atoms with Gasteiger partial charge in [0.25, 0.3) is 0 Å². The highest BCUT2D eigenvalue weighted by Crippen LogP contribution is 2.23.